The highest BCUT2D eigenvalue weighted by Gasteiger charge is 2.16. The highest BCUT2D eigenvalue weighted by Crippen LogP contribution is 2.25. The predicted molar refractivity (Wildman–Crippen MR) is 72.3 cm³/mol. The molecule has 0 saturated heterocycles. The van der Waals surface area contributed by atoms with Crippen molar-refractivity contribution in [2.75, 3.05) is 0 Å². The molecule has 1 aromatic heterocycles. The molecule has 1 atom stereocenters. The average molecular weight is 312 g/mol. The molecule has 2 aromatic rings. The van der Waals surface area contributed by atoms with Crippen molar-refractivity contribution >= 4 is 23.3 Å². The molecule has 2 rings (SSSR count). The fraction of sp³-hybridized carbons (Fsp3) is 0.182. The number of hydrogen-bond acceptors (Lipinski definition) is 6. The highest BCUT2D eigenvalue weighted by molar-refractivity contribution is 6.32. The van der Waals surface area contributed by atoms with E-state index in [-0.39, 0.29) is 17.1 Å². The van der Waals surface area contributed by atoms with Crippen LogP contribution in [0, 0.1) is 10.1 Å². The van der Waals surface area contributed by atoms with Gasteiger partial charge in [-0.3, -0.25) is 14.9 Å². The molecule has 0 spiro atoms. The van der Waals surface area contributed by atoms with Crippen LogP contribution in [0.5, 0.6) is 0 Å². The lowest BCUT2D eigenvalue weighted by atomic mass is 10.2. The van der Waals surface area contributed by atoms with Gasteiger partial charge in [0.2, 0.25) is 0 Å². The van der Waals surface area contributed by atoms with Crippen LogP contribution >= 0.6 is 11.6 Å². The zero-order chi connectivity index (χ0) is 15.6. The number of nitro groups is 1. The number of rotatable bonds is 5. The minimum absolute atomic E-state index is 0.0138. The number of nitro benzene ring substituents is 1. The fourth-order valence-corrected chi connectivity index (χ4v) is 1.88. The summed E-state index contributed by atoms with van der Waals surface area (Å²) in [5.74, 6) is -1.14. The Kier molecular flexibility index (Phi) is 4.15. The fourth-order valence-electron chi connectivity index (χ4n) is 1.62. The van der Waals surface area contributed by atoms with Crippen LogP contribution in [0.2, 0.25) is 5.02 Å². The van der Waals surface area contributed by atoms with E-state index in [1.54, 1.807) is 0 Å². The number of carboxylic acid groups (broad SMARTS) is 1. The van der Waals surface area contributed by atoms with Gasteiger partial charge >= 0.3 is 5.97 Å². The molecule has 3 N–H and O–H groups in total. The topological polar surface area (TPSA) is 137 Å². The zero-order valence-electron chi connectivity index (χ0n) is 10.5. The Hall–Kier alpha value is -2.52. The second kappa shape index (κ2) is 5.85. The van der Waals surface area contributed by atoms with E-state index in [4.69, 9.17) is 22.4 Å². The molecule has 0 fully saturated rings. The first-order valence-electron chi connectivity index (χ1n) is 5.72. The molecule has 0 saturated carbocycles. The number of benzene rings is 1. The van der Waals surface area contributed by atoms with Crippen LogP contribution in [0.4, 0.5) is 5.69 Å². The summed E-state index contributed by atoms with van der Waals surface area (Å²) >= 11 is 5.96. The quantitative estimate of drug-likeness (QED) is 0.614. The monoisotopic (exact) mass is 311 g/mol. The Morgan fingerprint density at radius 2 is 2.29 bits per heavy atom. The summed E-state index contributed by atoms with van der Waals surface area (Å²) in [6, 6.07) is 2.82. The van der Waals surface area contributed by atoms with Crippen LogP contribution in [0.3, 0.4) is 0 Å². The van der Waals surface area contributed by atoms with Crippen LogP contribution in [0.15, 0.2) is 24.4 Å². The molecule has 0 amide bonds. The Morgan fingerprint density at radius 1 is 1.57 bits per heavy atom. The van der Waals surface area contributed by atoms with Crippen molar-refractivity contribution < 1.29 is 14.8 Å². The molecular formula is C11H10ClN5O4. The molecule has 0 aliphatic rings. The van der Waals surface area contributed by atoms with E-state index in [1.165, 1.54) is 29.1 Å². The molecule has 1 unspecified atom stereocenters. The van der Waals surface area contributed by atoms with Crippen molar-refractivity contribution in [2.24, 2.45) is 5.73 Å². The summed E-state index contributed by atoms with van der Waals surface area (Å²) in [6.07, 6.45) is 1.48. The Bertz CT molecular complexity index is 702. The summed E-state index contributed by atoms with van der Waals surface area (Å²) in [5.41, 5.74) is 6.03. The van der Waals surface area contributed by atoms with Gasteiger partial charge in [-0.25, -0.2) is 4.68 Å². The molecule has 10 heteroatoms. The number of hydrogen-bond donors (Lipinski definition) is 2. The third kappa shape index (κ3) is 3.33. The Morgan fingerprint density at radius 3 is 2.86 bits per heavy atom. The third-order valence-corrected chi connectivity index (χ3v) is 2.98. The van der Waals surface area contributed by atoms with Gasteiger partial charge in [-0.05, 0) is 6.07 Å². The standard InChI is InChI=1S/C11H10ClN5O4/c12-8-4-7(17(20)21)1-2-10(8)16-5-6(14-15-16)3-9(13)11(18)19/h1-2,4-5,9H,3,13H2,(H,18,19). The number of aliphatic carboxylic acids is 1. The van der Waals surface area contributed by atoms with Crippen molar-refractivity contribution in [1.82, 2.24) is 15.0 Å². The lowest BCUT2D eigenvalue weighted by Crippen LogP contribution is -2.32. The predicted octanol–water partition coefficient (Wildman–Crippen LogP) is 0.783. The second-order valence-electron chi connectivity index (χ2n) is 4.20. The van der Waals surface area contributed by atoms with Crippen LogP contribution in [0.1, 0.15) is 5.69 Å². The maximum Gasteiger partial charge on any atom is 0.320 e. The van der Waals surface area contributed by atoms with E-state index in [2.05, 4.69) is 10.3 Å². The van der Waals surface area contributed by atoms with Gasteiger partial charge in [0.1, 0.15) is 6.04 Å². The molecule has 0 aliphatic carbocycles. The maximum atomic E-state index is 10.7. The molecule has 1 heterocycles. The van der Waals surface area contributed by atoms with Gasteiger partial charge in [-0.15, -0.1) is 5.10 Å². The Balaban J connectivity index is 2.25. The Labute approximate surface area is 123 Å². The summed E-state index contributed by atoms with van der Waals surface area (Å²) < 4.78 is 1.30. The van der Waals surface area contributed by atoms with Crippen LogP contribution in [-0.2, 0) is 11.2 Å². The van der Waals surface area contributed by atoms with E-state index in [1.807, 2.05) is 0 Å². The van der Waals surface area contributed by atoms with Gasteiger partial charge in [-0.2, -0.15) is 0 Å². The normalized spacial score (nSPS) is 12.1. The van der Waals surface area contributed by atoms with Gasteiger partial charge in [0.15, 0.2) is 0 Å². The van der Waals surface area contributed by atoms with Crippen molar-refractivity contribution in [2.45, 2.75) is 12.5 Å². The molecule has 0 radical (unpaired) electrons. The molecular weight excluding hydrogens is 302 g/mol. The van der Waals surface area contributed by atoms with Gasteiger partial charge < -0.3 is 10.8 Å². The lowest BCUT2D eigenvalue weighted by molar-refractivity contribution is -0.384. The first-order chi connectivity index (χ1) is 9.88. The highest BCUT2D eigenvalue weighted by atomic mass is 35.5. The molecule has 9 nitrogen and oxygen atoms in total. The largest absolute Gasteiger partial charge is 0.480 e. The minimum atomic E-state index is -1.14. The summed E-state index contributed by atoms with van der Waals surface area (Å²) in [5, 5.41) is 27.1. The van der Waals surface area contributed by atoms with E-state index >= 15 is 0 Å². The second-order valence-corrected chi connectivity index (χ2v) is 4.60. The molecule has 21 heavy (non-hydrogen) atoms. The first-order valence-corrected chi connectivity index (χ1v) is 6.10. The molecule has 1 aromatic carbocycles. The minimum Gasteiger partial charge on any atom is -0.480 e. The number of aromatic nitrogens is 3. The van der Waals surface area contributed by atoms with E-state index in [9.17, 15) is 14.9 Å². The van der Waals surface area contributed by atoms with Crippen LogP contribution in [-0.4, -0.2) is 37.0 Å². The van der Waals surface area contributed by atoms with Crippen molar-refractivity contribution in [3.63, 3.8) is 0 Å². The first kappa shape index (κ1) is 14.9. The van der Waals surface area contributed by atoms with Gasteiger partial charge in [0.05, 0.1) is 27.5 Å². The van der Waals surface area contributed by atoms with Crippen molar-refractivity contribution in [3.05, 3.63) is 45.2 Å². The van der Waals surface area contributed by atoms with E-state index < -0.39 is 16.9 Å². The SMILES string of the molecule is NC(Cc1cn(-c2ccc([N+](=O)[O-])cc2Cl)nn1)C(=O)O. The number of carbonyl (C=O) groups is 1. The summed E-state index contributed by atoms with van der Waals surface area (Å²) in [4.78, 5) is 20.7. The number of carboxylic acids is 1. The summed E-state index contributed by atoms with van der Waals surface area (Å²) in [7, 11) is 0. The van der Waals surface area contributed by atoms with Gasteiger partial charge in [0, 0.05) is 18.6 Å². The van der Waals surface area contributed by atoms with E-state index in [0.29, 0.717) is 11.4 Å². The van der Waals surface area contributed by atoms with Crippen molar-refractivity contribution in [3.8, 4) is 5.69 Å². The third-order valence-electron chi connectivity index (χ3n) is 2.68. The average Bonchev–Trinajstić information content (AvgIpc) is 2.86. The van der Waals surface area contributed by atoms with E-state index in [0.717, 1.165) is 0 Å². The van der Waals surface area contributed by atoms with Crippen molar-refractivity contribution in [1.29, 1.82) is 0 Å². The number of halogens is 1. The van der Waals surface area contributed by atoms with Crippen LogP contribution < -0.4 is 5.73 Å². The van der Waals surface area contributed by atoms with Crippen LogP contribution in [0.25, 0.3) is 5.69 Å². The summed E-state index contributed by atoms with van der Waals surface area (Å²) in [6.45, 7) is 0. The van der Waals surface area contributed by atoms with Gasteiger partial charge in [-0.1, -0.05) is 16.8 Å². The molecule has 0 bridgehead atoms. The smallest absolute Gasteiger partial charge is 0.320 e. The number of non-ortho nitro benzene ring substituents is 1. The zero-order valence-corrected chi connectivity index (χ0v) is 11.3. The lowest BCUT2D eigenvalue weighted by Gasteiger charge is -2.03. The van der Waals surface area contributed by atoms with Gasteiger partial charge in [0.25, 0.3) is 5.69 Å². The number of nitrogens with zero attached hydrogens (tertiary/aromatic N) is 4. The molecule has 110 valence electrons. The molecule has 0 aliphatic heterocycles. The number of nitrogens with two attached hydrogens (primary N) is 1. The maximum absolute atomic E-state index is 10.7.